The fourth-order valence-corrected chi connectivity index (χ4v) is 2.61. The van der Waals surface area contributed by atoms with Gasteiger partial charge in [-0.15, -0.1) is 12.8 Å². The molecule has 0 aromatic carbocycles. The van der Waals surface area contributed by atoms with Gasteiger partial charge in [-0.25, -0.2) is 0 Å². The van der Waals surface area contributed by atoms with E-state index in [1.807, 2.05) is 48.5 Å². The fourth-order valence-electron chi connectivity index (χ4n) is 2.61. The normalized spacial score (nSPS) is 17.5. The van der Waals surface area contributed by atoms with Crippen molar-refractivity contribution in [1.29, 1.82) is 0 Å². The van der Waals surface area contributed by atoms with Crippen LogP contribution in [0.1, 0.15) is 48.5 Å². The van der Waals surface area contributed by atoms with Gasteiger partial charge >= 0.3 is 0 Å². The minimum absolute atomic E-state index is 0.0364. The molecule has 0 aromatic heterocycles. The Morgan fingerprint density at radius 1 is 0.400 bits per heavy atom. The molecule has 0 rings (SSSR count). The van der Waals surface area contributed by atoms with Gasteiger partial charge in [-0.05, 0) is 48.5 Å². The van der Waals surface area contributed by atoms with E-state index in [2.05, 4.69) is 11.8 Å². The molecule has 8 nitrogen and oxygen atoms in total. The van der Waals surface area contributed by atoms with E-state index >= 15 is 0 Å². The van der Waals surface area contributed by atoms with Crippen molar-refractivity contribution in [1.82, 2.24) is 0 Å². The minimum Gasteiger partial charge on any atom is -0.373 e. The summed E-state index contributed by atoms with van der Waals surface area (Å²) >= 11 is 0. The molecular weight excluding hydrogens is 452 g/mol. The Morgan fingerprint density at radius 3 is 0.943 bits per heavy atom. The Hall–Kier alpha value is -1.20. The Morgan fingerprint density at radius 2 is 0.657 bits per heavy atom. The van der Waals surface area contributed by atoms with Crippen molar-refractivity contribution in [3.05, 3.63) is 0 Å². The highest BCUT2D eigenvalue weighted by Gasteiger charge is 2.14. The molecule has 0 fully saturated rings. The zero-order chi connectivity index (χ0) is 26.5. The van der Waals surface area contributed by atoms with Crippen LogP contribution in [-0.4, -0.2) is 102 Å². The second kappa shape index (κ2) is 22.0. The summed E-state index contributed by atoms with van der Waals surface area (Å²) in [5, 5.41) is 0. The van der Waals surface area contributed by atoms with Crippen molar-refractivity contribution in [2.24, 2.45) is 0 Å². The summed E-state index contributed by atoms with van der Waals surface area (Å²) in [6.45, 7) is 17.6. The standard InChI is InChI=1S/C27H48O8/c1-10-12-28-14-21(3)30-16-23(5)32-18-25(7)34-20-27(9)35-19-26(8)33-17-24(6)31-15-22(4)29-13-11-2/h1-2,21-27H,12-20H2,3-9H3. The van der Waals surface area contributed by atoms with E-state index in [9.17, 15) is 0 Å². The van der Waals surface area contributed by atoms with Crippen molar-refractivity contribution in [2.75, 3.05) is 59.5 Å². The summed E-state index contributed by atoms with van der Waals surface area (Å²) in [5.41, 5.74) is 0. The summed E-state index contributed by atoms with van der Waals surface area (Å²) in [6, 6.07) is 0. The highest BCUT2D eigenvalue weighted by atomic mass is 16.6. The van der Waals surface area contributed by atoms with E-state index in [4.69, 9.17) is 50.7 Å². The molecule has 0 aromatic rings. The maximum absolute atomic E-state index is 5.85. The average molecular weight is 501 g/mol. The largest absolute Gasteiger partial charge is 0.373 e. The molecule has 0 aliphatic carbocycles. The maximum atomic E-state index is 5.85. The van der Waals surface area contributed by atoms with Crippen LogP contribution in [0.5, 0.6) is 0 Å². The third kappa shape index (κ3) is 21.8. The molecule has 7 atom stereocenters. The SMILES string of the molecule is C#CCOCC(C)OCC(C)OCC(C)OCC(C)OCC(C)OCC(C)OCC(C)OCC#C. The second-order valence-corrected chi connectivity index (χ2v) is 8.91. The first kappa shape index (κ1) is 33.8. The average Bonchev–Trinajstić information content (AvgIpc) is 2.84. The Kier molecular flexibility index (Phi) is 21.3. The van der Waals surface area contributed by atoms with Crippen LogP contribution in [0.25, 0.3) is 0 Å². The molecule has 0 bridgehead atoms. The van der Waals surface area contributed by atoms with E-state index in [0.717, 1.165) is 0 Å². The third-order valence-corrected chi connectivity index (χ3v) is 4.68. The molecule has 0 saturated carbocycles. The lowest BCUT2D eigenvalue weighted by Gasteiger charge is -2.22. The Bertz CT molecular complexity index is 573. The van der Waals surface area contributed by atoms with Gasteiger partial charge in [0, 0.05) is 0 Å². The minimum atomic E-state index is -0.0593. The zero-order valence-corrected chi connectivity index (χ0v) is 22.8. The van der Waals surface area contributed by atoms with E-state index < -0.39 is 0 Å². The van der Waals surface area contributed by atoms with Crippen molar-refractivity contribution in [3.8, 4) is 24.7 Å². The van der Waals surface area contributed by atoms with Gasteiger partial charge in [0.25, 0.3) is 0 Å². The molecule has 0 aliphatic rings. The lowest BCUT2D eigenvalue weighted by Crippen LogP contribution is -2.30. The van der Waals surface area contributed by atoms with Crippen LogP contribution in [-0.2, 0) is 37.9 Å². The lowest BCUT2D eigenvalue weighted by molar-refractivity contribution is -0.106. The molecule has 204 valence electrons. The van der Waals surface area contributed by atoms with Crippen molar-refractivity contribution in [2.45, 2.75) is 91.2 Å². The molecule has 7 unspecified atom stereocenters. The summed E-state index contributed by atoms with van der Waals surface area (Å²) in [7, 11) is 0. The van der Waals surface area contributed by atoms with E-state index in [-0.39, 0.29) is 49.3 Å². The number of terminal acetylenes is 2. The van der Waals surface area contributed by atoms with Gasteiger partial charge in [0.1, 0.15) is 13.2 Å². The van der Waals surface area contributed by atoms with Crippen molar-refractivity contribution < 1.29 is 37.9 Å². The number of rotatable bonds is 23. The summed E-state index contributed by atoms with van der Waals surface area (Å²) in [5.74, 6) is 4.88. The molecule has 0 heterocycles. The Balaban J connectivity index is 3.82. The monoisotopic (exact) mass is 500 g/mol. The molecule has 0 N–H and O–H groups in total. The van der Waals surface area contributed by atoms with E-state index in [0.29, 0.717) is 52.9 Å². The van der Waals surface area contributed by atoms with Crippen LogP contribution < -0.4 is 0 Å². The molecule has 0 aliphatic heterocycles. The number of hydrogen-bond donors (Lipinski definition) is 0. The topological polar surface area (TPSA) is 73.8 Å². The van der Waals surface area contributed by atoms with Gasteiger partial charge in [-0.3, -0.25) is 0 Å². The molecule has 0 spiro atoms. The van der Waals surface area contributed by atoms with Crippen LogP contribution in [0, 0.1) is 24.7 Å². The van der Waals surface area contributed by atoms with Crippen LogP contribution >= 0.6 is 0 Å². The predicted molar refractivity (Wildman–Crippen MR) is 136 cm³/mol. The second-order valence-electron chi connectivity index (χ2n) is 8.91. The van der Waals surface area contributed by atoms with Gasteiger partial charge in [-0.1, -0.05) is 11.8 Å². The summed E-state index contributed by atoms with van der Waals surface area (Å²) < 4.78 is 45.4. The Labute approximate surface area is 213 Å². The third-order valence-electron chi connectivity index (χ3n) is 4.68. The first-order valence-corrected chi connectivity index (χ1v) is 12.4. The van der Waals surface area contributed by atoms with E-state index in [1.54, 1.807) is 0 Å². The van der Waals surface area contributed by atoms with Crippen LogP contribution in [0.3, 0.4) is 0 Å². The van der Waals surface area contributed by atoms with Crippen LogP contribution in [0.4, 0.5) is 0 Å². The molecule has 0 radical (unpaired) electrons. The van der Waals surface area contributed by atoms with Gasteiger partial charge in [0.15, 0.2) is 0 Å². The van der Waals surface area contributed by atoms with Gasteiger partial charge in [-0.2, -0.15) is 0 Å². The molecule has 35 heavy (non-hydrogen) atoms. The van der Waals surface area contributed by atoms with Gasteiger partial charge in [0.05, 0.1) is 89.0 Å². The number of hydrogen-bond acceptors (Lipinski definition) is 8. The van der Waals surface area contributed by atoms with Crippen molar-refractivity contribution >= 4 is 0 Å². The smallest absolute Gasteiger partial charge is 0.107 e. The first-order valence-electron chi connectivity index (χ1n) is 12.4. The molecular formula is C27H48O8. The quantitative estimate of drug-likeness (QED) is 0.157. The lowest BCUT2D eigenvalue weighted by atomic mass is 10.3. The zero-order valence-electron chi connectivity index (χ0n) is 22.8. The highest BCUT2D eigenvalue weighted by molar-refractivity contribution is 4.83. The van der Waals surface area contributed by atoms with Crippen molar-refractivity contribution in [3.63, 3.8) is 0 Å². The summed E-state index contributed by atoms with van der Waals surface area (Å²) in [4.78, 5) is 0. The molecule has 0 saturated heterocycles. The van der Waals surface area contributed by atoms with Gasteiger partial charge in [0.2, 0.25) is 0 Å². The highest BCUT2D eigenvalue weighted by Crippen LogP contribution is 2.05. The van der Waals surface area contributed by atoms with Crippen LogP contribution in [0.15, 0.2) is 0 Å². The summed E-state index contributed by atoms with van der Waals surface area (Å²) in [6.07, 6.45) is 9.98. The maximum Gasteiger partial charge on any atom is 0.107 e. The fraction of sp³-hybridized carbons (Fsp3) is 0.852. The first-order chi connectivity index (χ1) is 16.7. The number of ether oxygens (including phenoxy) is 8. The molecule has 8 heteroatoms. The van der Waals surface area contributed by atoms with E-state index in [1.165, 1.54) is 0 Å². The predicted octanol–water partition coefficient (Wildman–Crippen LogP) is 3.11. The van der Waals surface area contributed by atoms with Crippen LogP contribution in [0.2, 0.25) is 0 Å². The molecule has 0 amide bonds. The van der Waals surface area contributed by atoms with Gasteiger partial charge < -0.3 is 37.9 Å².